The van der Waals surface area contributed by atoms with Gasteiger partial charge >= 0.3 is 120 Å². The molecule has 1 saturated heterocycles. The van der Waals surface area contributed by atoms with E-state index >= 15 is 0 Å². The molecule has 1 heterocycles. The van der Waals surface area contributed by atoms with Gasteiger partial charge in [-0.2, -0.15) is 0 Å². The van der Waals surface area contributed by atoms with Crippen molar-refractivity contribution in [2.24, 2.45) is 0 Å². The SMILES string of the molecule is CCCCCCC[Se][C@@H]1O[C@H](CO)[C@@H](O)[C@H](O)[C@H]1O. The Balaban J connectivity index is 2.28. The topological polar surface area (TPSA) is 90.2 Å². The Labute approximate surface area is 121 Å². The first-order valence-electron chi connectivity index (χ1n) is 7.04. The van der Waals surface area contributed by atoms with Gasteiger partial charge in [0.15, 0.2) is 0 Å². The monoisotopic (exact) mass is 342 g/mol. The second-order valence-corrected chi connectivity index (χ2v) is 7.51. The van der Waals surface area contributed by atoms with Crippen molar-refractivity contribution >= 4 is 15.0 Å². The van der Waals surface area contributed by atoms with E-state index in [1.165, 1.54) is 25.7 Å². The Bertz CT molecular complexity index is 239. The van der Waals surface area contributed by atoms with Crippen molar-refractivity contribution in [2.45, 2.75) is 73.8 Å². The first-order valence-corrected chi connectivity index (χ1v) is 9.24. The molecule has 0 unspecified atom stereocenters. The van der Waals surface area contributed by atoms with Crippen LogP contribution < -0.4 is 0 Å². The fourth-order valence-electron chi connectivity index (χ4n) is 2.11. The predicted octanol–water partition coefficient (Wildman–Crippen LogP) is -0.121. The summed E-state index contributed by atoms with van der Waals surface area (Å²) in [6.07, 6.45) is 1.74. The number of ether oxygens (including phenoxy) is 1. The molecule has 0 bridgehead atoms. The molecule has 4 N–H and O–H groups in total. The molecule has 114 valence electrons. The van der Waals surface area contributed by atoms with E-state index in [9.17, 15) is 15.3 Å². The molecule has 1 rings (SSSR count). The van der Waals surface area contributed by atoms with Crippen molar-refractivity contribution in [3.8, 4) is 0 Å². The van der Waals surface area contributed by atoms with Crippen LogP contribution in [0.4, 0.5) is 0 Å². The van der Waals surface area contributed by atoms with Gasteiger partial charge in [0, 0.05) is 0 Å². The molecule has 0 aromatic rings. The molecule has 5 nitrogen and oxygen atoms in total. The van der Waals surface area contributed by atoms with Gasteiger partial charge in [0.1, 0.15) is 0 Å². The Morgan fingerprint density at radius 3 is 2.26 bits per heavy atom. The van der Waals surface area contributed by atoms with Crippen LogP contribution in [0, 0.1) is 0 Å². The van der Waals surface area contributed by atoms with Crippen LogP contribution in [0.25, 0.3) is 0 Å². The number of unbranched alkanes of at least 4 members (excludes halogenated alkanes) is 4. The van der Waals surface area contributed by atoms with E-state index in [1.54, 1.807) is 0 Å². The summed E-state index contributed by atoms with van der Waals surface area (Å²) < 4.78 is 5.48. The molecule has 0 spiro atoms. The summed E-state index contributed by atoms with van der Waals surface area (Å²) in [6.45, 7) is 1.84. The number of hydrogen-bond acceptors (Lipinski definition) is 5. The Morgan fingerprint density at radius 1 is 0.947 bits per heavy atom. The van der Waals surface area contributed by atoms with E-state index in [4.69, 9.17) is 9.84 Å². The van der Waals surface area contributed by atoms with Gasteiger partial charge in [-0.15, -0.1) is 0 Å². The molecule has 0 aromatic carbocycles. The van der Waals surface area contributed by atoms with Gasteiger partial charge in [-0.1, -0.05) is 0 Å². The second kappa shape index (κ2) is 9.29. The number of hydrogen-bond donors (Lipinski definition) is 4. The molecular weight excluding hydrogens is 315 g/mol. The van der Waals surface area contributed by atoms with E-state index < -0.39 is 29.4 Å². The third-order valence-electron chi connectivity index (χ3n) is 3.38. The zero-order valence-corrected chi connectivity index (χ0v) is 13.2. The van der Waals surface area contributed by atoms with Gasteiger partial charge in [-0.05, 0) is 0 Å². The summed E-state index contributed by atoms with van der Waals surface area (Å²) in [6, 6.07) is 0. The number of aliphatic hydroxyl groups excluding tert-OH is 4. The molecule has 19 heavy (non-hydrogen) atoms. The van der Waals surface area contributed by atoms with Crippen LogP contribution in [0.3, 0.4) is 0 Å². The average Bonchev–Trinajstić information content (AvgIpc) is 2.42. The van der Waals surface area contributed by atoms with Gasteiger partial charge in [0.05, 0.1) is 0 Å². The summed E-state index contributed by atoms with van der Waals surface area (Å²) in [4.78, 5) is 0. The van der Waals surface area contributed by atoms with Gasteiger partial charge in [-0.25, -0.2) is 0 Å². The maximum atomic E-state index is 9.86. The predicted molar refractivity (Wildman–Crippen MR) is 73.1 cm³/mol. The summed E-state index contributed by atoms with van der Waals surface area (Å²) in [5, 5.41) is 38.8. The molecule has 6 heteroatoms. The molecule has 1 aliphatic rings. The van der Waals surface area contributed by atoms with Crippen LogP contribution in [0.1, 0.15) is 39.0 Å². The second-order valence-electron chi connectivity index (χ2n) is 4.98. The Kier molecular flexibility index (Phi) is 8.49. The molecule has 0 amide bonds. The first kappa shape index (κ1) is 17.4. The van der Waals surface area contributed by atoms with Crippen molar-refractivity contribution in [3.05, 3.63) is 0 Å². The van der Waals surface area contributed by atoms with E-state index in [0.29, 0.717) is 0 Å². The minimum absolute atomic E-state index is 0.0557. The van der Waals surface area contributed by atoms with E-state index in [0.717, 1.165) is 11.7 Å². The van der Waals surface area contributed by atoms with Gasteiger partial charge in [0.2, 0.25) is 0 Å². The van der Waals surface area contributed by atoms with Crippen molar-refractivity contribution in [1.29, 1.82) is 0 Å². The molecule has 0 aromatic heterocycles. The molecular formula is C13H26O5Se. The average molecular weight is 341 g/mol. The quantitative estimate of drug-likeness (QED) is 0.365. The van der Waals surface area contributed by atoms with Crippen LogP contribution in [-0.2, 0) is 4.74 Å². The Hall–Kier alpha value is 0.319. The van der Waals surface area contributed by atoms with Crippen LogP contribution in [0.5, 0.6) is 0 Å². The zero-order valence-electron chi connectivity index (χ0n) is 11.4. The molecule has 1 aliphatic heterocycles. The normalized spacial score (nSPS) is 35.5. The third-order valence-corrected chi connectivity index (χ3v) is 5.99. The Morgan fingerprint density at radius 2 is 1.63 bits per heavy atom. The van der Waals surface area contributed by atoms with E-state index in [2.05, 4.69) is 6.92 Å². The molecule has 0 saturated carbocycles. The summed E-state index contributed by atoms with van der Waals surface area (Å²) in [5.41, 5.74) is 0. The van der Waals surface area contributed by atoms with Crippen molar-refractivity contribution < 1.29 is 25.2 Å². The van der Waals surface area contributed by atoms with Crippen molar-refractivity contribution in [2.75, 3.05) is 6.61 Å². The first-order chi connectivity index (χ1) is 9.11. The molecule has 1 fully saturated rings. The summed E-state index contributed by atoms with van der Waals surface area (Å²) >= 11 is 0.0557. The van der Waals surface area contributed by atoms with Crippen LogP contribution >= 0.6 is 0 Å². The van der Waals surface area contributed by atoms with Crippen LogP contribution in [0.2, 0.25) is 5.32 Å². The van der Waals surface area contributed by atoms with Crippen molar-refractivity contribution in [1.82, 2.24) is 0 Å². The van der Waals surface area contributed by atoms with Crippen LogP contribution in [-0.4, -0.2) is 71.4 Å². The number of aliphatic hydroxyl groups is 4. The molecule has 0 aliphatic carbocycles. The van der Waals surface area contributed by atoms with E-state index in [-0.39, 0.29) is 21.6 Å². The van der Waals surface area contributed by atoms with Crippen LogP contribution in [0.15, 0.2) is 0 Å². The van der Waals surface area contributed by atoms with Gasteiger partial charge < -0.3 is 0 Å². The fourth-order valence-corrected chi connectivity index (χ4v) is 4.59. The standard InChI is InChI=1S/C13H26O5Se/c1-2-3-4-5-6-7-19-13-12(17)11(16)10(15)9(8-14)18-13/h9-17H,2-8H2,1H3/t9-,10-,11+,12-,13+/m1/s1. The molecule has 5 atom stereocenters. The summed E-state index contributed by atoms with van der Waals surface area (Å²) in [7, 11) is 0. The van der Waals surface area contributed by atoms with Gasteiger partial charge in [-0.3, -0.25) is 0 Å². The minimum atomic E-state index is -1.22. The zero-order chi connectivity index (χ0) is 14.3. The summed E-state index contributed by atoms with van der Waals surface area (Å²) in [5.74, 6) is 0. The van der Waals surface area contributed by atoms with Crippen molar-refractivity contribution in [3.63, 3.8) is 0 Å². The van der Waals surface area contributed by atoms with Gasteiger partial charge in [0.25, 0.3) is 0 Å². The van der Waals surface area contributed by atoms with E-state index in [1.807, 2.05) is 0 Å². The maximum absolute atomic E-state index is 9.86. The fraction of sp³-hybridized carbons (Fsp3) is 1.00. The number of rotatable bonds is 8. The third kappa shape index (κ3) is 5.31. The molecule has 0 radical (unpaired) electrons.